The maximum atomic E-state index is 11.9. The first-order valence-electron chi connectivity index (χ1n) is 8.94. The summed E-state index contributed by atoms with van der Waals surface area (Å²) in [4.78, 5) is 45.9. The molecule has 0 fully saturated rings. The van der Waals surface area contributed by atoms with Crippen molar-refractivity contribution in [3.63, 3.8) is 0 Å². The molecule has 0 unspecified atom stereocenters. The first-order valence-corrected chi connectivity index (χ1v) is 8.94. The maximum absolute atomic E-state index is 11.9. The minimum atomic E-state index is -1.18. The Morgan fingerprint density at radius 1 is 0.621 bits per heavy atom. The summed E-state index contributed by atoms with van der Waals surface area (Å²) < 4.78 is 10.2. The maximum Gasteiger partial charge on any atom is 0.339 e. The van der Waals surface area contributed by atoms with Gasteiger partial charge in [-0.3, -0.25) is 9.59 Å². The monoisotopic (exact) mass is 400 g/mol. The van der Waals surface area contributed by atoms with Gasteiger partial charge >= 0.3 is 23.9 Å². The van der Waals surface area contributed by atoms with E-state index < -0.39 is 23.9 Å². The quantitative estimate of drug-likeness (QED) is 0.352. The standard InChI is InChI=1S/C21H20O8/c22-18(28-16-10-6-4-8-14(16)20(24)25)12-2-1-3-13-19(23)29-17-11-7-5-9-15(17)21(26)27/h4-11H,1-3,12-13H2,(H,24,25)(H,26,27). The van der Waals surface area contributed by atoms with Gasteiger partial charge in [0.2, 0.25) is 0 Å². The summed E-state index contributed by atoms with van der Waals surface area (Å²) in [6, 6.07) is 11.7. The lowest BCUT2D eigenvalue weighted by atomic mass is 10.1. The molecule has 0 amide bonds. The van der Waals surface area contributed by atoms with E-state index in [0.717, 1.165) is 0 Å². The van der Waals surface area contributed by atoms with E-state index in [1.807, 2.05) is 0 Å². The Balaban J connectivity index is 1.71. The number of benzene rings is 2. The summed E-state index contributed by atoms with van der Waals surface area (Å²) in [5.74, 6) is -3.50. The summed E-state index contributed by atoms with van der Waals surface area (Å²) in [7, 11) is 0. The molecular weight excluding hydrogens is 380 g/mol. The van der Waals surface area contributed by atoms with Crippen molar-refractivity contribution in [3.8, 4) is 11.5 Å². The Hall–Kier alpha value is -3.68. The van der Waals surface area contributed by atoms with Crippen molar-refractivity contribution in [2.75, 3.05) is 0 Å². The third-order valence-corrected chi connectivity index (χ3v) is 3.94. The zero-order valence-electron chi connectivity index (χ0n) is 15.5. The molecule has 0 atom stereocenters. The average Bonchev–Trinajstić information content (AvgIpc) is 2.68. The van der Waals surface area contributed by atoms with Gasteiger partial charge in [0.25, 0.3) is 0 Å². The first kappa shape index (κ1) is 21.6. The van der Waals surface area contributed by atoms with Crippen LogP contribution in [0.4, 0.5) is 0 Å². The molecular formula is C21H20O8. The molecule has 0 aromatic heterocycles. The molecule has 0 radical (unpaired) electrons. The first-order chi connectivity index (χ1) is 13.9. The van der Waals surface area contributed by atoms with Gasteiger partial charge in [-0.25, -0.2) is 9.59 Å². The molecule has 0 aliphatic rings. The number of aromatic carboxylic acids is 2. The topological polar surface area (TPSA) is 127 Å². The average molecular weight is 400 g/mol. The van der Waals surface area contributed by atoms with Gasteiger partial charge in [-0.15, -0.1) is 0 Å². The number of esters is 2. The van der Waals surface area contributed by atoms with Crippen LogP contribution in [0.25, 0.3) is 0 Å². The SMILES string of the molecule is O=C(CCCCCC(=O)Oc1ccccc1C(=O)O)Oc1ccccc1C(=O)O. The summed E-state index contributed by atoms with van der Waals surface area (Å²) in [6.45, 7) is 0. The number of unbranched alkanes of at least 4 members (excludes halogenated alkanes) is 2. The van der Waals surface area contributed by atoms with Crippen LogP contribution in [-0.2, 0) is 9.59 Å². The highest BCUT2D eigenvalue weighted by Crippen LogP contribution is 2.20. The fourth-order valence-corrected chi connectivity index (χ4v) is 2.53. The van der Waals surface area contributed by atoms with Crippen LogP contribution in [0.3, 0.4) is 0 Å². The molecule has 0 spiro atoms. The second kappa shape index (κ2) is 10.6. The molecule has 29 heavy (non-hydrogen) atoms. The van der Waals surface area contributed by atoms with Crippen LogP contribution in [0.15, 0.2) is 48.5 Å². The molecule has 2 N–H and O–H groups in total. The van der Waals surface area contributed by atoms with Gasteiger partial charge < -0.3 is 19.7 Å². The van der Waals surface area contributed by atoms with E-state index in [-0.39, 0.29) is 35.5 Å². The Morgan fingerprint density at radius 3 is 1.38 bits per heavy atom. The van der Waals surface area contributed by atoms with Crippen molar-refractivity contribution < 1.29 is 38.9 Å². The van der Waals surface area contributed by atoms with Crippen molar-refractivity contribution in [2.45, 2.75) is 32.1 Å². The van der Waals surface area contributed by atoms with Crippen molar-refractivity contribution in [1.29, 1.82) is 0 Å². The second-order valence-corrected chi connectivity index (χ2v) is 6.11. The van der Waals surface area contributed by atoms with Crippen LogP contribution in [-0.4, -0.2) is 34.1 Å². The van der Waals surface area contributed by atoms with E-state index in [1.165, 1.54) is 36.4 Å². The van der Waals surface area contributed by atoms with E-state index in [0.29, 0.717) is 19.3 Å². The highest BCUT2D eigenvalue weighted by Gasteiger charge is 2.15. The fraction of sp³-hybridized carbons (Fsp3) is 0.238. The van der Waals surface area contributed by atoms with Gasteiger partial charge in [0.15, 0.2) is 0 Å². The zero-order valence-corrected chi connectivity index (χ0v) is 15.5. The van der Waals surface area contributed by atoms with E-state index >= 15 is 0 Å². The molecule has 2 rings (SSSR count). The molecule has 0 bridgehead atoms. The predicted molar refractivity (Wildman–Crippen MR) is 101 cm³/mol. The Bertz CT molecular complexity index is 830. The second-order valence-electron chi connectivity index (χ2n) is 6.11. The molecule has 0 saturated carbocycles. The predicted octanol–water partition coefficient (Wildman–Crippen LogP) is 3.54. The lowest BCUT2D eigenvalue weighted by Crippen LogP contribution is -2.12. The number of para-hydroxylation sites is 2. The molecule has 8 nitrogen and oxygen atoms in total. The molecule has 0 saturated heterocycles. The summed E-state index contributed by atoms with van der Waals surface area (Å²) in [5, 5.41) is 18.1. The number of ether oxygens (including phenoxy) is 2. The number of carbonyl (C=O) groups is 4. The minimum Gasteiger partial charge on any atom is -0.478 e. The van der Waals surface area contributed by atoms with Crippen LogP contribution in [0.1, 0.15) is 52.8 Å². The molecule has 0 aliphatic heterocycles. The Kier molecular flexibility index (Phi) is 7.90. The summed E-state index contributed by atoms with van der Waals surface area (Å²) in [6.07, 6.45) is 1.60. The lowest BCUT2D eigenvalue weighted by molar-refractivity contribution is -0.134. The van der Waals surface area contributed by atoms with Crippen molar-refractivity contribution in [3.05, 3.63) is 59.7 Å². The fourth-order valence-electron chi connectivity index (χ4n) is 2.53. The smallest absolute Gasteiger partial charge is 0.339 e. The minimum absolute atomic E-state index is 0.00864. The van der Waals surface area contributed by atoms with Crippen LogP contribution in [0.2, 0.25) is 0 Å². The number of carbonyl (C=O) groups excluding carboxylic acids is 2. The molecule has 0 heterocycles. The normalized spacial score (nSPS) is 10.2. The molecule has 2 aromatic rings. The van der Waals surface area contributed by atoms with Crippen LogP contribution in [0.5, 0.6) is 11.5 Å². The third-order valence-electron chi connectivity index (χ3n) is 3.94. The number of rotatable bonds is 10. The number of carboxylic acids is 2. The third kappa shape index (κ3) is 6.76. The van der Waals surface area contributed by atoms with Gasteiger partial charge in [0, 0.05) is 12.8 Å². The van der Waals surface area contributed by atoms with Crippen molar-refractivity contribution in [2.24, 2.45) is 0 Å². The molecule has 152 valence electrons. The Labute approximate surface area is 166 Å². The van der Waals surface area contributed by atoms with Crippen molar-refractivity contribution >= 4 is 23.9 Å². The lowest BCUT2D eigenvalue weighted by Gasteiger charge is -2.08. The van der Waals surface area contributed by atoms with Gasteiger partial charge in [-0.1, -0.05) is 30.7 Å². The van der Waals surface area contributed by atoms with E-state index in [2.05, 4.69) is 0 Å². The van der Waals surface area contributed by atoms with Crippen LogP contribution in [0, 0.1) is 0 Å². The summed E-state index contributed by atoms with van der Waals surface area (Å²) in [5.41, 5.74) is -0.185. The molecule has 2 aromatic carbocycles. The number of hydrogen-bond acceptors (Lipinski definition) is 6. The zero-order chi connectivity index (χ0) is 21.2. The van der Waals surface area contributed by atoms with Gasteiger partial charge in [0.1, 0.15) is 22.6 Å². The van der Waals surface area contributed by atoms with Crippen molar-refractivity contribution in [1.82, 2.24) is 0 Å². The molecule has 8 heteroatoms. The highest BCUT2D eigenvalue weighted by atomic mass is 16.5. The number of hydrogen-bond donors (Lipinski definition) is 2. The van der Waals surface area contributed by atoms with Crippen LogP contribution < -0.4 is 9.47 Å². The van der Waals surface area contributed by atoms with E-state index in [9.17, 15) is 19.2 Å². The molecule has 0 aliphatic carbocycles. The van der Waals surface area contributed by atoms with Gasteiger partial charge in [0.05, 0.1) is 0 Å². The number of carboxylic acid groups (broad SMARTS) is 2. The van der Waals surface area contributed by atoms with E-state index in [4.69, 9.17) is 19.7 Å². The highest BCUT2D eigenvalue weighted by molar-refractivity contribution is 5.92. The van der Waals surface area contributed by atoms with E-state index in [1.54, 1.807) is 12.1 Å². The van der Waals surface area contributed by atoms with Gasteiger partial charge in [-0.2, -0.15) is 0 Å². The summed E-state index contributed by atoms with van der Waals surface area (Å²) >= 11 is 0. The largest absolute Gasteiger partial charge is 0.478 e. The van der Waals surface area contributed by atoms with Crippen LogP contribution >= 0.6 is 0 Å². The van der Waals surface area contributed by atoms with Gasteiger partial charge in [-0.05, 0) is 37.1 Å². The Morgan fingerprint density at radius 2 is 1.00 bits per heavy atom.